The molecule has 178 valence electrons. The number of hydrogen-bond acceptors (Lipinski definition) is 8. The van der Waals surface area contributed by atoms with Gasteiger partial charge < -0.3 is 24.3 Å². The van der Waals surface area contributed by atoms with Gasteiger partial charge in [-0.1, -0.05) is 20.8 Å². The molecule has 0 aromatic carbocycles. The number of carbonyl (C=O) groups excluding carboxylic acids is 2. The second-order valence-corrected chi connectivity index (χ2v) is 15.7. The highest BCUT2D eigenvalue weighted by atomic mass is 32.1. The number of aliphatic hydroxyl groups is 1. The minimum atomic E-state index is -2.03. The number of esters is 1. The van der Waals surface area contributed by atoms with E-state index in [1.54, 1.807) is 33.1 Å². The van der Waals surface area contributed by atoms with Gasteiger partial charge in [0.1, 0.15) is 10.6 Å². The number of aliphatic hydroxyl groups excluding tert-OH is 1. The van der Waals surface area contributed by atoms with Crippen molar-refractivity contribution in [3.05, 3.63) is 16.1 Å². The Hall–Kier alpha value is -1.49. The average molecular weight is 475 g/mol. The SMILES string of the molecule is CCOC(=O)c1csc([C@H](C[C@H](O)CO[Si](C)(C)C(C)(C)C)NC(=O)OC(C)(C)C)n1. The van der Waals surface area contributed by atoms with Gasteiger partial charge in [-0.15, -0.1) is 11.3 Å². The standard InChI is InChI=1S/C21H38N2O6SSi/c1-10-27-18(25)16-13-30-17(22-16)15(23-19(26)29-20(2,3)4)11-14(24)12-28-31(8,9)21(5,6)7/h13-15,24H,10-12H2,1-9H3,(H,23,26)/t14-,15-/m0/s1. The highest BCUT2D eigenvalue weighted by molar-refractivity contribution is 7.09. The number of hydrogen-bond donors (Lipinski definition) is 2. The summed E-state index contributed by atoms with van der Waals surface area (Å²) in [6.45, 7) is 18.0. The summed E-state index contributed by atoms with van der Waals surface area (Å²) in [5.41, 5.74) is -0.498. The Bertz CT molecular complexity index is 739. The first-order chi connectivity index (χ1) is 14.1. The van der Waals surface area contributed by atoms with Gasteiger partial charge in [-0.25, -0.2) is 14.6 Å². The summed E-state index contributed by atoms with van der Waals surface area (Å²) in [6, 6.07) is -0.638. The minimum Gasteiger partial charge on any atom is -0.461 e. The van der Waals surface area contributed by atoms with Crippen molar-refractivity contribution in [3.63, 3.8) is 0 Å². The molecule has 0 bridgehead atoms. The van der Waals surface area contributed by atoms with E-state index in [2.05, 4.69) is 44.2 Å². The Morgan fingerprint density at radius 1 is 1.23 bits per heavy atom. The van der Waals surface area contributed by atoms with Crippen LogP contribution in [0.15, 0.2) is 5.38 Å². The van der Waals surface area contributed by atoms with Gasteiger partial charge in [0.25, 0.3) is 0 Å². The lowest BCUT2D eigenvalue weighted by Crippen LogP contribution is -2.43. The molecule has 2 atom stereocenters. The van der Waals surface area contributed by atoms with Crippen molar-refractivity contribution in [1.82, 2.24) is 10.3 Å². The molecule has 10 heteroatoms. The smallest absolute Gasteiger partial charge is 0.408 e. The molecule has 0 radical (unpaired) electrons. The average Bonchev–Trinajstić information content (AvgIpc) is 3.07. The maximum atomic E-state index is 12.4. The van der Waals surface area contributed by atoms with Crippen molar-refractivity contribution in [2.45, 2.75) is 90.8 Å². The summed E-state index contributed by atoms with van der Waals surface area (Å²) in [5, 5.41) is 15.5. The molecule has 0 fully saturated rings. The predicted molar refractivity (Wildman–Crippen MR) is 124 cm³/mol. The number of rotatable bonds is 9. The van der Waals surface area contributed by atoms with Gasteiger partial charge >= 0.3 is 12.1 Å². The van der Waals surface area contributed by atoms with Gasteiger partial charge in [0.2, 0.25) is 0 Å². The maximum absolute atomic E-state index is 12.4. The molecule has 31 heavy (non-hydrogen) atoms. The van der Waals surface area contributed by atoms with Crippen LogP contribution >= 0.6 is 11.3 Å². The van der Waals surface area contributed by atoms with E-state index in [4.69, 9.17) is 13.9 Å². The summed E-state index contributed by atoms with van der Waals surface area (Å²) in [6.07, 6.45) is -1.28. The first kappa shape index (κ1) is 27.5. The number of thiazole rings is 1. The van der Waals surface area contributed by atoms with Crippen LogP contribution in [0.25, 0.3) is 0 Å². The maximum Gasteiger partial charge on any atom is 0.408 e. The number of ether oxygens (including phenoxy) is 2. The molecule has 1 amide bonds. The second-order valence-electron chi connectivity index (χ2n) is 9.95. The number of aromatic nitrogens is 1. The molecular weight excluding hydrogens is 436 g/mol. The molecule has 0 saturated heterocycles. The first-order valence-corrected chi connectivity index (χ1v) is 14.3. The van der Waals surface area contributed by atoms with Crippen molar-refractivity contribution in [2.24, 2.45) is 0 Å². The third kappa shape index (κ3) is 9.26. The third-order valence-corrected chi connectivity index (χ3v) is 10.4. The Labute approximate surface area is 190 Å². The van der Waals surface area contributed by atoms with Crippen molar-refractivity contribution in [2.75, 3.05) is 13.2 Å². The minimum absolute atomic E-state index is 0.0186. The summed E-state index contributed by atoms with van der Waals surface area (Å²) in [5.74, 6) is -0.525. The molecule has 1 rings (SSSR count). The predicted octanol–water partition coefficient (Wildman–Crippen LogP) is 4.66. The number of amides is 1. The lowest BCUT2D eigenvalue weighted by atomic mass is 10.1. The molecule has 1 heterocycles. The van der Waals surface area contributed by atoms with Crippen LogP contribution in [0.4, 0.5) is 4.79 Å². The van der Waals surface area contributed by atoms with Crippen molar-refractivity contribution >= 4 is 31.7 Å². The van der Waals surface area contributed by atoms with E-state index < -0.39 is 38.1 Å². The number of nitrogens with one attached hydrogen (secondary N) is 1. The summed E-state index contributed by atoms with van der Waals surface area (Å²) >= 11 is 1.22. The Balaban J connectivity index is 2.95. The molecule has 8 nitrogen and oxygen atoms in total. The lowest BCUT2D eigenvalue weighted by Gasteiger charge is -2.37. The number of alkyl carbamates (subject to hydrolysis) is 1. The van der Waals surface area contributed by atoms with Crippen LogP contribution in [0.1, 0.15) is 76.4 Å². The van der Waals surface area contributed by atoms with Crippen LogP contribution in [0, 0.1) is 0 Å². The second kappa shape index (κ2) is 10.9. The molecule has 0 unspecified atom stereocenters. The molecule has 1 aromatic heterocycles. The van der Waals surface area contributed by atoms with E-state index >= 15 is 0 Å². The Morgan fingerprint density at radius 2 is 1.84 bits per heavy atom. The van der Waals surface area contributed by atoms with Crippen LogP contribution < -0.4 is 5.32 Å². The summed E-state index contributed by atoms with van der Waals surface area (Å²) in [4.78, 5) is 28.6. The van der Waals surface area contributed by atoms with Crippen LogP contribution in [0.5, 0.6) is 0 Å². The quantitative estimate of drug-likeness (QED) is 0.396. The van der Waals surface area contributed by atoms with Gasteiger partial charge in [0.15, 0.2) is 14.0 Å². The van der Waals surface area contributed by atoms with Crippen LogP contribution in [0.3, 0.4) is 0 Å². The van der Waals surface area contributed by atoms with Crippen molar-refractivity contribution in [3.8, 4) is 0 Å². The van der Waals surface area contributed by atoms with Crippen molar-refractivity contribution in [1.29, 1.82) is 0 Å². The van der Waals surface area contributed by atoms with E-state index in [-0.39, 0.29) is 30.4 Å². The lowest BCUT2D eigenvalue weighted by molar-refractivity contribution is 0.0454. The molecule has 0 aliphatic heterocycles. The molecule has 0 saturated carbocycles. The molecule has 0 spiro atoms. The van der Waals surface area contributed by atoms with Gasteiger partial charge in [0, 0.05) is 11.8 Å². The third-order valence-electron chi connectivity index (χ3n) is 4.95. The Morgan fingerprint density at radius 3 is 2.35 bits per heavy atom. The fourth-order valence-corrected chi connectivity index (χ4v) is 4.17. The number of nitrogens with zero attached hydrogens (tertiary/aromatic N) is 1. The van der Waals surface area contributed by atoms with Gasteiger partial charge in [0.05, 0.1) is 25.4 Å². The number of carbonyl (C=O) groups is 2. The fourth-order valence-electron chi connectivity index (χ4n) is 2.28. The van der Waals surface area contributed by atoms with E-state index in [0.29, 0.717) is 5.01 Å². The molecule has 2 N–H and O–H groups in total. The monoisotopic (exact) mass is 474 g/mol. The van der Waals surface area contributed by atoms with Crippen LogP contribution in [0.2, 0.25) is 18.1 Å². The Kier molecular flexibility index (Phi) is 9.67. The first-order valence-electron chi connectivity index (χ1n) is 10.5. The van der Waals surface area contributed by atoms with Crippen molar-refractivity contribution < 1.29 is 28.6 Å². The van der Waals surface area contributed by atoms with Gasteiger partial charge in [-0.3, -0.25) is 0 Å². The zero-order valence-corrected chi connectivity index (χ0v) is 22.0. The highest BCUT2D eigenvalue weighted by Crippen LogP contribution is 2.36. The normalized spacial score (nSPS) is 14.6. The zero-order valence-electron chi connectivity index (χ0n) is 20.2. The van der Waals surface area contributed by atoms with Gasteiger partial charge in [-0.2, -0.15) is 0 Å². The van der Waals surface area contributed by atoms with Crippen LogP contribution in [-0.4, -0.2) is 55.4 Å². The highest BCUT2D eigenvalue weighted by Gasteiger charge is 2.38. The largest absolute Gasteiger partial charge is 0.461 e. The zero-order chi connectivity index (χ0) is 24.0. The topological polar surface area (TPSA) is 107 Å². The molecular formula is C21H38N2O6SSi. The summed E-state index contributed by atoms with van der Waals surface area (Å²) in [7, 11) is -2.03. The van der Waals surface area contributed by atoms with Crippen LogP contribution in [-0.2, 0) is 13.9 Å². The molecule has 0 aliphatic carbocycles. The fraction of sp³-hybridized carbons (Fsp3) is 0.762. The van der Waals surface area contributed by atoms with E-state index in [9.17, 15) is 14.7 Å². The summed E-state index contributed by atoms with van der Waals surface area (Å²) < 4.78 is 16.4. The van der Waals surface area contributed by atoms with E-state index in [1.165, 1.54) is 11.3 Å². The van der Waals surface area contributed by atoms with Gasteiger partial charge in [-0.05, 0) is 45.8 Å². The van der Waals surface area contributed by atoms with E-state index in [0.717, 1.165) is 0 Å². The molecule has 0 aliphatic rings. The molecule has 1 aromatic rings. The van der Waals surface area contributed by atoms with E-state index in [1.807, 2.05) is 0 Å².